The maximum absolute atomic E-state index is 4.94. The number of rotatable bonds is 5. The van der Waals surface area contributed by atoms with Crippen LogP contribution in [-0.2, 0) is 6.54 Å². The number of nitrogens with one attached hydrogen (secondary N) is 1. The molecule has 1 N–H and O–H groups in total. The van der Waals surface area contributed by atoms with Gasteiger partial charge < -0.3 is 5.32 Å². The van der Waals surface area contributed by atoms with Crippen LogP contribution in [0, 0.1) is 6.92 Å². The van der Waals surface area contributed by atoms with Gasteiger partial charge >= 0.3 is 0 Å². The van der Waals surface area contributed by atoms with Crippen LogP contribution in [-0.4, -0.2) is 11.0 Å². The zero-order chi connectivity index (χ0) is 14.1. The Bertz CT molecular complexity index is 597. The highest BCUT2D eigenvalue weighted by molar-refractivity contribution is 7.15. The zero-order valence-corrected chi connectivity index (χ0v) is 13.3. The fourth-order valence-corrected chi connectivity index (χ4v) is 3.46. The summed E-state index contributed by atoms with van der Waals surface area (Å²) in [5.74, 6) is 0.716. The molecule has 1 heterocycles. The molecule has 0 radical (unpaired) electrons. The predicted molar refractivity (Wildman–Crippen MR) is 86.2 cm³/mol. The summed E-state index contributed by atoms with van der Waals surface area (Å²) in [4.78, 5) is 6.37. The summed E-state index contributed by atoms with van der Waals surface area (Å²) in [6.07, 6.45) is 2.62. The molecule has 1 aromatic carbocycles. The van der Waals surface area contributed by atoms with E-state index >= 15 is 0 Å². The van der Waals surface area contributed by atoms with Gasteiger partial charge in [-0.1, -0.05) is 37.6 Å². The van der Waals surface area contributed by atoms with Crippen LogP contribution in [0.15, 0.2) is 24.3 Å². The van der Waals surface area contributed by atoms with Crippen LogP contribution in [0.1, 0.15) is 48.7 Å². The van der Waals surface area contributed by atoms with Crippen molar-refractivity contribution in [1.82, 2.24) is 10.3 Å². The summed E-state index contributed by atoms with van der Waals surface area (Å²) in [5.41, 5.74) is 3.90. The lowest BCUT2D eigenvalue weighted by molar-refractivity contribution is 0.590. The Balaban J connectivity index is 1.90. The van der Waals surface area contributed by atoms with Crippen LogP contribution >= 0.6 is 11.3 Å². The maximum Gasteiger partial charge on any atom is 0.123 e. The molecule has 0 amide bonds. The summed E-state index contributed by atoms with van der Waals surface area (Å²) < 4.78 is 0. The van der Waals surface area contributed by atoms with Crippen molar-refractivity contribution in [3.8, 4) is 10.6 Å². The molecule has 0 atom stereocenters. The molecule has 1 aliphatic carbocycles. The molecule has 1 aromatic heterocycles. The molecule has 3 heteroatoms. The average Bonchev–Trinajstić information content (AvgIpc) is 3.16. The molecule has 2 aromatic rings. The lowest BCUT2D eigenvalue weighted by Crippen LogP contribution is -2.21. The first-order valence-electron chi connectivity index (χ1n) is 7.43. The third kappa shape index (κ3) is 3.10. The minimum atomic E-state index is 0.520. The topological polar surface area (TPSA) is 24.9 Å². The first-order valence-corrected chi connectivity index (χ1v) is 8.25. The van der Waals surface area contributed by atoms with Gasteiger partial charge in [-0.25, -0.2) is 4.98 Å². The van der Waals surface area contributed by atoms with Gasteiger partial charge in [0, 0.05) is 28.9 Å². The van der Waals surface area contributed by atoms with E-state index in [4.69, 9.17) is 4.98 Å². The van der Waals surface area contributed by atoms with Gasteiger partial charge in [0.25, 0.3) is 0 Å². The van der Waals surface area contributed by atoms with Gasteiger partial charge in [-0.3, -0.25) is 0 Å². The lowest BCUT2D eigenvalue weighted by atomic mass is 10.1. The number of aryl methyl sites for hydroxylation is 1. The fourth-order valence-electron chi connectivity index (χ4n) is 2.36. The monoisotopic (exact) mass is 286 g/mol. The van der Waals surface area contributed by atoms with Gasteiger partial charge in [-0.2, -0.15) is 0 Å². The lowest BCUT2D eigenvalue weighted by Gasteiger charge is -2.07. The number of hydrogen-bond donors (Lipinski definition) is 1. The Labute approximate surface area is 125 Å². The van der Waals surface area contributed by atoms with Crippen molar-refractivity contribution in [1.29, 1.82) is 0 Å². The van der Waals surface area contributed by atoms with Gasteiger partial charge in [0.2, 0.25) is 0 Å². The van der Waals surface area contributed by atoms with E-state index in [0.717, 1.165) is 6.54 Å². The minimum absolute atomic E-state index is 0.520. The second-order valence-electron chi connectivity index (χ2n) is 6.01. The SMILES string of the molecule is Cc1cccc(-c2nc(C3CC3)c(CNC(C)C)s2)c1. The molecule has 106 valence electrons. The van der Waals surface area contributed by atoms with Crippen molar-refractivity contribution in [2.45, 2.75) is 52.1 Å². The van der Waals surface area contributed by atoms with E-state index in [9.17, 15) is 0 Å². The highest BCUT2D eigenvalue weighted by atomic mass is 32.1. The summed E-state index contributed by atoms with van der Waals surface area (Å²) in [5, 5.41) is 4.71. The molecule has 3 rings (SSSR count). The highest BCUT2D eigenvalue weighted by Crippen LogP contribution is 2.44. The van der Waals surface area contributed by atoms with E-state index in [1.807, 2.05) is 11.3 Å². The Hall–Kier alpha value is -1.19. The Morgan fingerprint density at radius 2 is 2.15 bits per heavy atom. The quantitative estimate of drug-likeness (QED) is 0.875. The number of thiazole rings is 1. The molecular formula is C17H22N2S. The largest absolute Gasteiger partial charge is 0.310 e. The molecule has 0 aliphatic heterocycles. The molecule has 0 spiro atoms. The van der Waals surface area contributed by atoms with Gasteiger partial charge in [0.15, 0.2) is 0 Å². The van der Waals surface area contributed by atoms with Crippen molar-refractivity contribution < 1.29 is 0 Å². The van der Waals surface area contributed by atoms with Gasteiger partial charge in [-0.15, -0.1) is 11.3 Å². The minimum Gasteiger partial charge on any atom is -0.310 e. The van der Waals surface area contributed by atoms with Crippen molar-refractivity contribution in [3.63, 3.8) is 0 Å². The molecule has 0 bridgehead atoms. The predicted octanol–water partition coefficient (Wildman–Crippen LogP) is 4.49. The van der Waals surface area contributed by atoms with Crippen LogP contribution in [0.3, 0.4) is 0 Å². The van der Waals surface area contributed by atoms with Crippen LogP contribution in [0.2, 0.25) is 0 Å². The van der Waals surface area contributed by atoms with Crippen molar-refractivity contribution in [2.24, 2.45) is 0 Å². The molecular weight excluding hydrogens is 264 g/mol. The number of aromatic nitrogens is 1. The third-order valence-electron chi connectivity index (χ3n) is 3.63. The first-order chi connectivity index (χ1) is 9.63. The molecule has 0 unspecified atom stereocenters. The Kier molecular flexibility index (Phi) is 3.90. The Morgan fingerprint density at radius 3 is 2.80 bits per heavy atom. The number of benzene rings is 1. The molecule has 20 heavy (non-hydrogen) atoms. The normalized spacial score (nSPS) is 15.0. The standard InChI is InChI=1S/C17H22N2S/c1-11(2)18-10-15-16(13-7-8-13)19-17(20-15)14-6-4-5-12(3)9-14/h4-6,9,11,13,18H,7-8,10H2,1-3H3. The third-order valence-corrected chi connectivity index (χ3v) is 4.75. The van der Waals surface area contributed by atoms with Crippen molar-refractivity contribution in [3.05, 3.63) is 40.4 Å². The smallest absolute Gasteiger partial charge is 0.123 e. The number of nitrogens with zero attached hydrogens (tertiary/aromatic N) is 1. The molecule has 1 aliphatic rings. The fraction of sp³-hybridized carbons (Fsp3) is 0.471. The molecule has 1 saturated carbocycles. The molecule has 0 saturated heterocycles. The van der Waals surface area contributed by atoms with Gasteiger partial charge in [-0.05, 0) is 25.8 Å². The van der Waals surface area contributed by atoms with E-state index < -0.39 is 0 Å². The summed E-state index contributed by atoms with van der Waals surface area (Å²) >= 11 is 1.86. The van der Waals surface area contributed by atoms with E-state index in [1.165, 1.54) is 39.5 Å². The van der Waals surface area contributed by atoms with E-state index in [2.05, 4.69) is 50.4 Å². The first kappa shape index (κ1) is 13.8. The average molecular weight is 286 g/mol. The summed E-state index contributed by atoms with van der Waals surface area (Å²) in [6, 6.07) is 9.18. The second kappa shape index (κ2) is 5.66. The Morgan fingerprint density at radius 1 is 1.35 bits per heavy atom. The second-order valence-corrected chi connectivity index (χ2v) is 7.09. The zero-order valence-electron chi connectivity index (χ0n) is 12.4. The summed E-state index contributed by atoms with van der Waals surface area (Å²) in [7, 11) is 0. The summed E-state index contributed by atoms with van der Waals surface area (Å²) in [6.45, 7) is 7.48. The van der Waals surface area contributed by atoms with Crippen molar-refractivity contribution >= 4 is 11.3 Å². The van der Waals surface area contributed by atoms with Crippen LogP contribution in [0.25, 0.3) is 10.6 Å². The van der Waals surface area contributed by atoms with E-state index in [1.54, 1.807) is 0 Å². The molecule has 2 nitrogen and oxygen atoms in total. The highest BCUT2D eigenvalue weighted by Gasteiger charge is 2.29. The van der Waals surface area contributed by atoms with Crippen LogP contribution in [0.4, 0.5) is 0 Å². The van der Waals surface area contributed by atoms with Gasteiger partial charge in [0.05, 0.1) is 5.69 Å². The van der Waals surface area contributed by atoms with E-state index in [-0.39, 0.29) is 0 Å². The number of hydrogen-bond acceptors (Lipinski definition) is 3. The molecule has 1 fully saturated rings. The van der Waals surface area contributed by atoms with Crippen LogP contribution < -0.4 is 5.32 Å². The van der Waals surface area contributed by atoms with E-state index in [0.29, 0.717) is 12.0 Å². The van der Waals surface area contributed by atoms with Crippen molar-refractivity contribution in [2.75, 3.05) is 0 Å². The maximum atomic E-state index is 4.94. The van der Waals surface area contributed by atoms with Gasteiger partial charge in [0.1, 0.15) is 5.01 Å². The van der Waals surface area contributed by atoms with Crippen LogP contribution in [0.5, 0.6) is 0 Å².